The van der Waals surface area contributed by atoms with Gasteiger partial charge in [0, 0.05) is 31.1 Å². The number of sulfonamides is 2. The molecule has 154 valence electrons. The van der Waals surface area contributed by atoms with E-state index in [0.29, 0.717) is 36.8 Å². The summed E-state index contributed by atoms with van der Waals surface area (Å²) in [5, 5.41) is 4.28. The number of hydrogen-bond acceptors (Lipinski definition) is 7. The Morgan fingerprint density at radius 1 is 1.25 bits per heavy atom. The number of rotatable bonds is 6. The second-order valence-corrected chi connectivity index (χ2v) is 11.2. The van der Waals surface area contributed by atoms with Gasteiger partial charge in [-0.3, -0.25) is 0 Å². The third-order valence-electron chi connectivity index (χ3n) is 4.63. The van der Waals surface area contributed by atoms with Gasteiger partial charge in [-0.2, -0.15) is 9.29 Å². The molecule has 0 radical (unpaired) electrons. The molecule has 0 bridgehead atoms. The molecular formula is C16H21ClN4O5S2. The summed E-state index contributed by atoms with van der Waals surface area (Å²) in [4.78, 5) is 4.39. The van der Waals surface area contributed by atoms with Gasteiger partial charge in [0.25, 0.3) is 0 Å². The normalized spacial score (nSPS) is 17.3. The van der Waals surface area contributed by atoms with E-state index in [-0.39, 0.29) is 23.2 Å². The summed E-state index contributed by atoms with van der Waals surface area (Å²) < 4.78 is 56.2. The molecule has 1 fully saturated rings. The molecule has 28 heavy (non-hydrogen) atoms. The van der Waals surface area contributed by atoms with Crippen molar-refractivity contribution < 1.29 is 21.4 Å². The molecule has 1 aliphatic heterocycles. The third-order valence-corrected chi connectivity index (χ3v) is 7.97. The Morgan fingerprint density at radius 3 is 2.54 bits per heavy atom. The fourth-order valence-corrected chi connectivity index (χ4v) is 5.32. The molecule has 0 amide bonds. The molecule has 0 N–H and O–H groups in total. The van der Waals surface area contributed by atoms with Gasteiger partial charge >= 0.3 is 0 Å². The molecule has 9 nitrogen and oxygen atoms in total. The van der Waals surface area contributed by atoms with Crippen LogP contribution in [0.25, 0.3) is 0 Å². The van der Waals surface area contributed by atoms with Gasteiger partial charge < -0.3 is 4.52 Å². The van der Waals surface area contributed by atoms with E-state index in [1.807, 2.05) is 0 Å². The van der Waals surface area contributed by atoms with Crippen LogP contribution in [0, 0.1) is 0 Å². The van der Waals surface area contributed by atoms with Gasteiger partial charge in [0.1, 0.15) is 0 Å². The zero-order valence-corrected chi connectivity index (χ0v) is 17.8. The van der Waals surface area contributed by atoms with Crippen LogP contribution in [0.3, 0.4) is 0 Å². The number of nitrogens with zero attached hydrogens (tertiary/aromatic N) is 4. The largest absolute Gasteiger partial charge is 0.338 e. The molecule has 1 saturated heterocycles. The molecular weight excluding hydrogens is 428 g/mol. The highest BCUT2D eigenvalue weighted by atomic mass is 35.5. The molecule has 2 aromatic rings. The Bertz CT molecular complexity index is 1050. The lowest BCUT2D eigenvalue weighted by molar-refractivity contribution is 0.302. The molecule has 12 heteroatoms. The van der Waals surface area contributed by atoms with Crippen molar-refractivity contribution in [2.24, 2.45) is 0 Å². The molecule has 0 atom stereocenters. The molecule has 0 aliphatic carbocycles. The molecule has 1 aromatic heterocycles. The van der Waals surface area contributed by atoms with Crippen molar-refractivity contribution in [1.82, 2.24) is 18.8 Å². The first-order valence-electron chi connectivity index (χ1n) is 8.57. The van der Waals surface area contributed by atoms with E-state index in [4.69, 9.17) is 16.1 Å². The topological polar surface area (TPSA) is 114 Å². The maximum atomic E-state index is 12.6. The van der Waals surface area contributed by atoms with Crippen LogP contribution in [0.1, 0.15) is 30.5 Å². The number of halogens is 1. The zero-order valence-electron chi connectivity index (χ0n) is 15.4. The Morgan fingerprint density at radius 2 is 1.93 bits per heavy atom. The number of aromatic nitrogens is 2. The van der Waals surface area contributed by atoms with Crippen LogP contribution in [0.2, 0.25) is 5.02 Å². The predicted octanol–water partition coefficient (Wildman–Crippen LogP) is 1.68. The standard InChI is InChI=1S/C16H21ClN4O5S2/c1-20(28(24,25)14-5-3-4-13(17)10-14)11-15-18-16(19-26-15)12-6-8-21(9-7-12)27(2,22)23/h3-5,10,12H,6-9,11H2,1-2H3. The third kappa shape index (κ3) is 4.71. The Kier molecular flexibility index (Phi) is 6.11. The Hall–Kier alpha value is -1.53. The smallest absolute Gasteiger partial charge is 0.243 e. The number of hydrogen-bond donors (Lipinski definition) is 0. The zero-order chi connectivity index (χ0) is 20.5. The van der Waals surface area contributed by atoms with E-state index in [2.05, 4.69) is 10.1 Å². The SMILES string of the molecule is CN(Cc1nc(C2CCN(S(C)(=O)=O)CC2)no1)S(=O)(=O)c1cccc(Cl)c1. The van der Waals surface area contributed by atoms with Crippen LogP contribution in [0.4, 0.5) is 0 Å². The fraction of sp³-hybridized carbons (Fsp3) is 0.500. The quantitative estimate of drug-likeness (QED) is 0.660. The highest BCUT2D eigenvalue weighted by molar-refractivity contribution is 7.89. The van der Waals surface area contributed by atoms with Crippen molar-refractivity contribution in [1.29, 1.82) is 0 Å². The van der Waals surface area contributed by atoms with Gasteiger partial charge in [-0.1, -0.05) is 22.8 Å². The minimum Gasteiger partial charge on any atom is -0.338 e. The highest BCUT2D eigenvalue weighted by Crippen LogP contribution is 2.27. The summed E-state index contributed by atoms with van der Waals surface area (Å²) in [5.74, 6) is 0.621. The average Bonchev–Trinajstić information content (AvgIpc) is 3.09. The Labute approximate surface area is 169 Å². The van der Waals surface area contributed by atoms with E-state index in [1.165, 1.54) is 29.7 Å². The second kappa shape index (κ2) is 8.07. The van der Waals surface area contributed by atoms with Crippen molar-refractivity contribution in [3.8, 4) is 0 Å². The molecule has 0 unspecified atom stereocenters. The first-order chi connectivity index (χ1) is 13.1. The van der Waals surface area contributed by atoms with E-state index < -0.39 is 20.0 Å². The Balaban J connectivity index is 1.66. The van der Waals surface area contributed by atoms with Crippen LogP contribution in [-0.4, -0.2) is 62.0 Å². The lowest BCUT2D eigenvalue weighted by Gasteiger charge is -2.28. The summed E-state index contributed by atoms with van der Waals surface area (Å²) >= 11 is 5.88. The van der Waals surface area contributed by atoms with Crippen molar-refractivity contribution in [3.63, 3.8) is 0 Å². The maximum absolute atomic E-state index is 12.6. The minimum absolute atomic E-state index is 0.0228. The first kappa shape index (κ1) is 21.2. The monoisotopic (exact) mass is 448 g/mol. The second-order valence-electron chi connectivity index (χ2n) is 6.70. The van der Waals surface area contributed by atoms with E-state index in [9.17, 15) is 16.8 Å². The van der Waals surface area contributed by atoms with E-state index >= 15 is 0 Å². The van der Waals surface area contributed by atoms with Gasteiger partial charge in [0.2, 0.25) is 25.9 Å². The van der Waals surface area contributed by atoms with Gasteiger partial charge in [-0.05, 0) is 31.0 Å². The lowest BCUT2D eigenvalue weighted by Crippen LogP contribution is -2.37. The van der Waals surface area contributed by atoms with Gasteiger partial charge in [-0.15, -0.1) is 0 Å². The van der Waals surface area contributed by atoms with E-state index in [1.54, 1.807) is 12.1 Å². The summed E-state index contributed by atoms with van der Waals surface area (Å²) in [7, 11) is -5.53. The predicted molar refractivity (Wildman–Crippen MR) is 103 cm³/mol. The lowest BCUT2D eigenvalue weighted by atomic mass is 9.98. The number of benzene rings is 1. The van der Waals surface area contributed by atoms with Crippen LogP contribution >= 0.6 is 11.6 Å². The molecule has 1 aromatic carbocycles. The van der Waals surface area contributed by atoms with Gasteiger partial charge in [0.05, 0.1) is 17.7 Å². The average molecular weight is 449 g/mol. The highest BCUT2D eigenvalue weighted by Gasteiger charge is 2.29. The minimum atomic E-state index is -3.75. The van der Waals surface area contributed by atoms with Crippen molar-refractivity contribution in [2.75, 3.05) is 26.4 Å². The molecule has 0 saturated carbocycles. The number of piperidine rings is 1. The van der Waals surface area contributed by atoms with Crippen molar-refractivity contribution >= 4 is 31.6 Å². The molecule has 1 aliphatic rings. The fourth-order valence-electron chi connectivity index (χ4n) is 3.03. The van der Waals surface area contributed by atoms with Crippen LogP contribution in [0.5, 0.6) is 0 Å². The summed E-state index contributed by atoms with van der Waals surface area (Å²) in [6.07, 6.45) is 2.36. The summed E-state index contributed by atoms with van der Waals surface area (Å²) in [6.45, 7) is 0.719. The summed E-state index contributed by atoms with van der Waals surface area (Å²) in [5.41, 5.74) is 0. The van der Waals surface area contributed by atoms with Crippen molar-refractivity contribution in [2.45, 2.75) is 30.2 Å². The molecule has 3 rings (SSSR count). The van der Waals surface area contributed by atoms with Crippen LogP contribution < -0.4 is 0 Å². The first-order valence-corrected chi connectivity index (χ1v) is 12.2. The van der Waals surface area contributed by atoms with Crippen LogP contribution in [-0.2, 0) is 26.6 Å². The maximum Gasteiger partial charge on any atom is 0.243 e. The van der Waals surface area contributed by atoms with Crippen molar-refractivity contribution in [3.05, 3.63) is 41.0 Å². The van der Waals surface area contributed by atoms with Gasteiger partial charge in [-0.25, -0.2) is 21.1 Å². The summed E-state index contributed by atoms with van der Waals surface area (Å²) in [6, 6.07) is 6.01. The van der Waals surface area contributed by atoms with E-state index in [0.717, 1.165) is 4.31 Å². The molecule has 0 spiro atoms. The van der Waals surface area contributed by atoms with Gasteiger partial charge in [0.15, 0.2) is 5.82 Å². The van der Waals surface area contributed by atoms with Crippen LogP contribution in [0.15, 0.2) is 33.7 Å². The molecule has 2 heterocycles.